The second-order valence-corrected chi connectivity index (χ2v) is 3.67. The Morgan fingerprint density at radius 2 is 2.33 bits per heavy atom. The Labute approximate surface area is 103 Å². The number of carbonyl (C=O) groups is 1. The Kier molecular flexibility index (Phi) is 4.81. The molecule has 8 nitrogen and oxygen atoms in total. The fourth-order valence-corrected chi connectivity index (χ4v) is 1.41. The molecule has 1 atom stereocenters. The van der Waals surface area contributed by atoms with Crippen LogP contribution in [0.4, 0.5) is 5.69 Å². The van der Waals surface area contributed by atoms with Crippen molar-refractivity contribution in [3.8, 4) is 0 Å². The molecule has 8 heteroatoms. The van der Waals surface area contributed by atoms with Crippen LogP contribution in [0.1, 0.15) is 17.4 Å². The zero-order chi connectivity index (χ0) is 13.7. The van der Waals surface area contributed by atoms with Gasteiger partial charge in [-0.2, -0.15) is 0 Å². The molecule has 18 heavy (non-hydrogen) atoms. The lowest BCUT2D eigenvalue weighted by Crippen LogP contribution is -2.34. The van der Waals surface area contributed by atoms with Gasteiger partial charge in [0.05, 0.1) is 23.8 Å². The Hall–Kier alpha value is -1.93. The molecule has 1 aromatic heterocycles. The molecule has 0 fully saturated rings. The minimum absolute atomic E-state index is 0.113. The van der Waals surface area contributed by atoms with Gasteiger partial charge < -0.3 is 20.1 Å². The highest BCUT2D eigenvalue weighted by Gasteiger charge is 2.18. The molecule has 1 unspecified atom stereocenters. The van der Waals surface area contributed by atoms with E-state index in [0.717, 1.165) is 0 Å². The highest BCUT2D eigenvalue weighted by Crippen LogP contribution is 2.16. The van der Waals surface area contributed by atoms with Gasteiger partial charge in [-0.1, -0.05) is 0 Å². The predicted octanol–water partition coefficient (Wildman–Crippen LogP) is -0.501. The second-order valence-electron chi connectivity index (χ2n) is 3.67. The summed E-state index contributed by atoms with van der Waals surface area (Å²) in [6.45, 7) is 1.59. The average molecular weight is 257 g/mol. The van der Waals surface area contributed by atoms with E-state index in [2.05, 4.69) is 5.32 Å². The first kappa shape index (κ1) is 14.1. The number of hydrogen-bond donors (Lipinski definition) is 3. The van der Waals surface area contributed by atoms with Crippen molar-refractivity contribution in [1.82, 2.24) is 9.88 Å². The van der Waals surface area contributed by atoms with Crippen LogP contribution in [-0.2, 0) is 6.54 Å². The molecule has 1 aromatic rings. The Morgan fingerprint density at radius 3 is 2.83 bits per heavy atom. The van der Waals surface area contributed by atoms with Crippen molar-refractivity contribution >= 4 is 11.6 Å². The lowest BCUT2D eigenvalue weighted by atomic mass is 10.3. The van der Waals surface area contributed by atoms with Gasteiger partial charge >= 0.3 is 0 Å². The molecule has 0 aliphatic rings. The Balaban J connectivity index is 2.81. The van der Waals surface area contributed by atoms with Gasteiger partial charge in [0.15, 0.2) is 0 Å². The number of carbonyl (C=O) groups excluding carboxylic acids is 1. The fraction of sp³-hybridized carbons (Fsp3) is 0.500. The third-order valence-electron chi connectivity index (χ3n) is 2.38. The monoisotopic (exact) mass is 257 g/mol. The van der Waals surface area contributed by atoms with E-state index in [1.54, 1.807) is 6.92 Å². The van der Waals surface area contributed by atoms with Crippen LogP contribution in [-0.4, -0.2) is 44.9 Å². The van der Waals surface area contributed by atoms with Crippen molar-refractivity contribution in [3.63, 3.8) is 0 Å². The number of aryl methyl sites for hydroxylation is 1. The molecule has 1 rings (SSSR count). The number of aliphatic hydroxyl groups excluding tert-OH is 2. The van der Waals surface area contributed by atoms with Crippen LogP contribution in [0.25, 0.3) is 0 Å². The summed E-state index contributed by atoms with van der Waals surface area (Å²) in [5.41, 5.74) is -0.0148. The van der Waals surface area contributed by atoms with Crippen LogP contribution in [0.3, 0.4) is 0 Å². The average Bonchev–Trinajstić information content (AvgIpc) is 2.79. The minimum atomic E-state index is -1.05. The molecule has 0 aliphatic carbocycles. The van der Waals surface area contributed by atoms with Gasteiger partial charge in [0.25, 0.3) is 11.6 Å². The summed E-state index contributed by atoms with van der Waals surface area (Å²) in [5, 5.41) is 30.7. The molecular weight excluding hydrogens is 242 g/mol. The van der Waals surface area contributed by atoms with Crippen LogP contribution < -0.4 is 5.32 Å². The normalized spacial score (nSPS) is 12.2. The van der Waals surface area contributed by atoms with Gasteiger partial charge in [-0.3, -0.25) is 14.9 Å². The van der Waals surface area contributed by atoms with E-state index in [9.17, 15) is 14.9 Å². The SMILES string of the molecule is CCn1cc([N+](=O)[O-])cc1C(=O)NCC(O)CO. The number of rotatable bonds is 6. The highest BCUT2D eigenvalue weighted by molar-refractivity contribution is 5.93. The van der Waals surface area contributed by atoms with Crippen LogP contribution in [0.15, 0.2) is 12.3 Å². The van der Waals surface area contributed by atoms with E-state index < -0.39 is 23.5 Å². The number of nitrogens with zero attached hydrogens (tertiary/aromatic N) is 2. The molecule has 1 amide bonds. The summed E-state index contributed by atoms with van der Waals surface area (Å²) in [6.07, 6.45) is 0.228. The maximum absolute atomic E-state index is 11.7. The van der Waals surface area contributed by atoms with Gasteiger partial charge in [-0.05, 0) is 6.92 Å². The quantitative estimate of drug-likeness (QED) is 0.469. The van der Waals surface area contributed by atoms with Gasteiger partial charge in [0.2, 0.25) is 0 Å². The molecule has 0 aromatic carbocycles. The summed E-state index contributed by atoms with van der Waals surface area (Å²) in [5.74, 6) is -0.530. The van der Waals surface area contributed by atoms with Crippen molar-refractivity contribution in [2.45, 2.75) is 19.6 Å². The van der Waals surface area contributed by atoms with E-state index in [0.29, 0.717) is 6.54 Å². The minimum Gasteiger partial charge on any atom is -0.394 e. The maximum atomic E-state index is 11.7. The predicted molar refractivity (Wildman–Crippen MR) is 62.2 cm³/mol. The van der Waals surface area contributed by atoms with Gasteiger partial charge in [-0.25, -0.2) is 0 Å². The summed E-state index contributed by atoms with van der Waals surface area (Å²) < 4.78 is 1.44. The van der Waals surface area contributed by atoms with Crippen molar-refractivity contribution in [3.05, 3.63) is 28.1 Å². The zero-order valence-electron chi connectivity index (χ0n) is 9.87. The summed E-state index contributed by atoms with van der Waals surface area (Å²) in [6, 6.07) is 1.17. The van der Waals surface area contributed by atoms with E-state index in [1.807, 2.05) is 0 Å². The smallest absolute Gasteiger partial charge is 0.287 e. The molecule has 100 valence electrons. The number of nitrogens with one attached hydrogen (secondary N) is 1. The highest BCUT2D eigenvalue weighted by atomic mass is 16.6. The topological polar surface area (TPSA) is 118 Å². The lowest BCUT2D eigenvalue weighted by Gasteiger charge is -2.09. The Bertz CT molecular complexity index is 443. The van der Waals surface area contributed by atoms with Crippen molar-refractivity contribution in [1.29, 1.82) is 0 Å². The molecule has 0 aliphatic heterocycles. The van der Waals surface area contributed by atoms with Gasteiger partial charge in [0, 0.05) is 19.2 Å². The van der Waals surface area contributed by atoms with Crippen LogP contribution in [0.2, 0.25) is 0 Å². The largest absolute Gasteiger partial charge is 0.394 e. The number of amides is 1. The number of nitro groups is 1. The Morgan fingerprint density at radius 1 is 1.67 bits per heavy atom. The van der Waals surface area contributed by atoms with E-state index in [4.69, 9.17) is 10.2 Å². The van der Waals surface area contributed by atoms with Gasteiger partial charge in [0.1, 0.15) is 5.69 Å². The third kappa shape index (κ3) is 3.28. The first-order valence-corrected chi connectivity index (χ1v) is 5.41. The first-order chi connectivity index (χ1) is 8.49. The summed E-state index contributed by atoms with van der Waals surface area (Å²) >= 11 is 0. The van der Waals surface area contributed by atoms with E-state index >= 15 is 0 Å². The fourth-order valence-electron chi connectivity index (χ4n) is 1.41. The lowest BCUT2D eigenvalue weighted by molar-refractivity contribution is -0.384. The van der Waals surface area contributed by atoms with Crippen molar-refractivity contribution < 1.29 is 19.9 Å². The maximum Gasteiger partial charge on any atom is 0.287 e. The number of aliphatic hydroxyl groups is 2. The molecule has 1 heterocycles. The number of aromatic nitrogens is 1. The molecular formula is C10H15N3O5. The standard InChI is InChI=1S/C10H15N3O5/c1-2-12-5-7(13(17)18)3-9(12)10(16)11-4-8(15)6-14/h3,5,8,14-15H,2,4,6H2,1H3,(H,11,16). The molecule has 3 N–H and O–H groups in total. The van der Waals surface area contributed by atoms with Crippen molar-refractivity contribution in [2.24, 2.45) is 0 Å². The first-order valence-electron chi connectivity index (χ1n) is 5.41. The zero-order valence-corrected chi connectivity index (χ0v) is 9.87. The van der Waals surface area contributed by atoms with Crippen LogP contribution >= 0.6 is 0 Å². The summed E-state index contributed by atoms with van der Waals surface area (Å²) in [7, 11) is 0. The van der Waals surface area contributed by atoms with E-state index in [-0.39, 0.29) is 17.9 Å². The second kappa shape index (κ2) is 6.12. The number of hydrogen-bond acceptors (Lipinski definition) is 5. The van der Waals surface area contributed by atoms with Crippen LogP contribution in [0, 0.1) is 10.1 Å². The van der Waals surface area contributed by atoms with Crippen LogP contribution in [0.5, 0.6) is 0 Å². The molecule has 0 bridgehead atoms. The molecule has 0 saturated carbocycles. The molecule has 0 radical (unpaired) electrons. The van der Waals surface area contributed by atoms with Gasteiger partial charge in [-0.15, -0.1) is 0 Å². The van der Waals surface area contributed by atoms with E-state index in [1.165, 1.54) is 16.8 Å². The third-order valence-corrected chi connectivity index (χ3v) is 2.38. The van der Waals surface area contributed by atoms with Crippen molar-refractivity contribution in [2.75, 3.05) is 13.2 Å². The summed E-state index contributed by atoms with van der Waals surface area (Å²) in [4.78, 5) is 21.8. The molecule has 0 saturated heterocycles. The molecule has 0 spiro atoms.